The molecule has 0 saturated carbocycles. The molecule has 0 aliphatic heterocycles. The molecule has 1 aromatic heterocycles. The molecule has 0 unspecified atom stereocenters. The number of sulfonamides is 1. The number of halogens is 2. The number of nitrogens with zero attached hydrogens (tertiary/aromatic N) is 2. The average Bonchev–Trinajstić information content (AvgIpc) is 2.35. The van der Waals surface area contributed by atoms with E-state index in [0.29, 0.717) is 13.9 Å². The first kappa shape index (κ1) is 15.7. The van der Waals surface area contributed by atoms with Gasteiger partial charge in [0.15, 0.2) is 0 Å². The van der Waals surface area contributed by atoms with Crippen LogP contribution >= 0.6 is 23.2 Å². The number of hydrogen-bond acceptors (Lipinski definition) is 4. The van der Waals surface area contributed by atoms with Gasteiger partial charge in [-0.2, -0.15) is 0 Å². The SMILES string of the molecule is Cc1cccc(S(N)(=O)=O)c1[As]c1nc(Cl)ncc1Cl. The molecule has 1 aromatic carbocycles. The van der Waals surface area contributed by atoms with Crippen molar-refractivity contribution in [3.63, 3.8) is 0 Å². The summed E-state index contributed by atoms with van der Waals surface area (Å²) in [6, 6.07) is 4.94. The van der Waals surface area contributed by atoms with Crippen molar-refractivity contribution in [2.24, 2.45) is 5.14 Å². The van der Waals surface area contributed by atoms with Gasteiger partial charge in [-0.15, -0.1) is 0 Å². The Hall–Kier alpha value is -0.652. The van der Waals surface area contributed by atoms with Crippen molar-refractivity contribution in [2.45, 2.75) is 11.8 Å². The predicted octanol–water partition coefficient (Wildman–Crippen LogP) is 0.394. The maximum absolute atomic E-state index is 11.6. The van der Waals surface area contributed by atoms with Crippen molar-refractivity contribution in [1.29, 1.82) is 0 Å². The molecule has 2 rings (SSSR count). The zero-order valence-corrected chi connectivity index (χ0v) is 14.4. The second kappa shape index (κ2) is 6.00. The summed E-state index contributed by atoms with van der Waals surface area (Å²) in [4.78, 5) is 7.93. The topological polar surface area (TPSA) is 85.9 Å². The van der Waals surface area contributed by atoms with Crippen LogP contribution in [0.5, 0.6) is 0 Å². The van der Waals surface area contributed by atoms with Crippen LogP contribution in [-0.4, -0.2) is 34.1 Å². The first-order valence-corrected chi connectivity index (χ1v) is 9.49. The Morgan fingerprint density at radius 2 is 2.00 bits per heavy atom. The van der Waals surface area contributed by atoms with Crippen molar-refractivity contribution in [3.05, 3.63) is 40.3 Å². The quantitative estimate of drug-likeness (QED) is 0.604. The summed E-state index contributed by atoms with van der Waals surface area (Å²) in [5.74, 6) is 0. The van der Waals surface area contributed by atoms with E-state index in [0.717, 1.165) is 5.56 Å². The molecule has 1 heterocycles. The van der Waals surface area contributed by atoms with Gasteiger partial charge in [0, 0.05) is 0 Å². The number of hydrogen-bond donors (Lipinski definition) is 1. The van der Waals surface area contributed by atoms with E-state index in [4.69, 9.17) is 28.3 Å². The van der Waals surface area contributed by atoms with E-state index in [1.165, 1.54) is 12.3 Å². The van der Waals surface area contributed by atoms with Gasteiger partial charge in [0.2, 0.25) is 0 Å². The molecule has 20 heavy (non-hydrogen) atoms. The van der Waals surface area contributed by atoms with Gasteiger partial charge in [0.1, 0.15) is 0 Å². The van der Waals surface area contributed by atoms with Crippen LogP contribution in [0.1, 0.15) is 5.56 Å². The number of benzene rings is 1. The van der Waals surface area contributed by atoms with Crippen LogP contribution in [0.2, 0.25) is 10.3 Å². The molecule has 2 aromatic rings. The Morgan fingerprint density at radius 1 is 1.30 bits per heavy atom. The van der Waals surface area contributed by atoms with Crippen LogP contribution in [0.4, 0.5) is 0 Å². The summed E-state index contributed by atoms with van der Waals surface area (Å²) in [6.45, 7) is 1.82. The molecule has 9 heteroatoms. The molecular formula is C11H9AsCl2N3O2S. The van der Waals surface area contributed by atoms with E-state index in [1.54, 1.807) is 6.07 Å². The van der Waals surface area contributed by atoms with Crippen LogP contribution in [0, 0.1) is 6.92 Å². The van der Waals surface area contributed by atoms with Gasteiger partial charge >= 0.3 is 133 Å². The number of aryl methyl sites for hydroxylation is 1. The average molecular weight is 393 g/mol. The molecule has 0 aliphatic carbocycles. The van der Waals surface area contributed by atoms with Crippen molar-refractivity contribution >= 4 is 57.8 Å². The third-order valence-electron chi connectivity index (χ3n) is 2.42. The standard InChI is InChI=1S/C11H9AsCl2N3O2S/c1-6-3-2-4-8(20(15,18)19)9(6)12-10-7(13)5-16-11(14)17-10/h2-5H,1H3,(H2,15,18,19). The van der Waals surface area contributed by atoms with Crippen molar-refractivity contribution in [3.8, 4) is 0 Å². The van der Waals surface area contributed by atoms with Gasteiger partial charge in [0.05, 0.1) is 0 Å². The number of aromatic nitrogens is 2. The van der Waals surface area contributed by atoms with E-state index in [-0.39, 0.29) is 10.2 Å². The first-order chi connectivity index (χ1) is 9.29. The van der Waals surface area contributed by atoms with Gasteiger partial charge in [-0.3, -0.25) is 0 Å². The summed E-state index contributed by atoms with van der Waals surface area (Å²) >= 11 is 11.0. The minimum absolute atomic E-state index is 0.0745. The third kappa shape index (κ3) is 3.51. The van der Waals surface area contributed by atoms with Gasteiger partial charge in [-0.1, -0.05) is 0 Å². The molecule has 0 atom stereocenters. The summed E-state index contributed by atoms with van der Waals surface area (Å²) in [7, 11) is -3.80. The first-order valence-electron chi connectivity index (χ1n) is 5.31. The molecule has 0 saturated heterocycles. The van der Waals surface area contributed by atoms with Gasteiger partial charge in [-0.05, 0) is 0 Å². The molecule has 1 radical (unpaired) electrons. The monoisotopic (exact) mass is 392 g/mol. The van der Waals surface area contributed by atoms with E-state index in [2.05, 4.69) is 9.97 Å². The molecule has 0 amide bonds. The number of primary sulfonamides is 1. The zero-order valence-electron chi connectivity index (χ0n) is 10.2. The van der Waals surface area contributed by atoms with Gasteiger partial charge < -0.3 is 0 Å². The second-order valence-corrected chi connectivity index (χ2v) is 8.46. The number of nitrogens with two attached hydrogens (primary N) is 1. The second-order valence-electron chi connectivity index (χ2n) is 3.89. The Morgan fingerprint density at radius 3 is 2.65 bits per heavy atom. The van der Waals surface area contributed by atoms with Gasteiger partial charge in [-0.25, -0.2) is 0 Å². The Kier molecular flexibility index (Phi) is 4.72. The fourth-order valence-corrected chi connectivity index (χ4v) is 5.84. The van der Waals surface area contributed by atoms with Crippen LogP contribution in [0.15, 0.2) is 29.3 Å². The molecule has 0 spiro atoms. The van der Waals surface area contributed by atoms with Crippen LogP contribution in [0.3, 0.4) is 0 Å². The summed E-state index contributed by atoms with van der Waals surface area (Å²) in [5, 5.41) is 5.68. The molecule has 0 aliphatic rings. The van der Waals surface area contributed by atoms with Crippen LogP contribution in [0.25, 0.3) is 0 Å². The summed E-state index contributed by atoms with van der Waals surface area (Å²) < 4.78 is 24.5. The van der Waals surface area contributed by atoms with Crippen molar-refractivity contribution in [2.75, 3.05) is 0 Å². The number of rotatable bonds is 3. The summed E-state index contributed by atoms with van der Waals surface area (Å²) in [6.07, 6.45) is 1.40. The summed E-state index contributed by atoms with van der Waals surface area (Å²) in [5.41, 5.74) is 0.822. The third-order valence-corrected chi connectivity index (χ3v) is 7.32. The van der Waals surface area contributed by atoms with E-state index in [9.17, 15) is 8.42 Å². The molecule has 5 nitrogen and oxygen atoms in total. The Balaban J connectivity index is 2.57. The fourth-order valence-electron chi connectivity index (χ4n) is 1.53. The predicted molar refractivity (Wildman–Crippen MR) is 79.6 cm³/mol. The van der Waals surface area contributed by atoms with Crippen molar-refractivity contribution in [1.82, 2.24) is 9.97 Å². The normalized spacial score (nSPS) is 12.2. The van der Waals surface area contributed by atoms with Crippen LogP contribution in [-0.2, 0) is 10.0 Å². The Bertz CT molecular complexity index is 768. The van der Waals surface area contributed by atoms with Gasteiger partial charge in [0.25, 0.3) is 0 Å². The van der Waals surface area contributed by atoms with Crippen molar-refractivity contribution < 1.29 is 8.42 Å². The Labute approximate surface area is 133 Å². The minimum atomic E-state index is -3.80. The maximum atomic E-state index is 11.6. The van der Waals surface area contributed by atoms with E-state index in [1.807, 2.05) is 13.0 Å². The van der Waals surface area contributed by atoms with Crippen LogP contribution < -0.4 is 14.0 Å². The van der Waals surface area contributed by atoms with E-state index < -0.39 is 25.8 Å². The molecule has 2 N–H and O–H groups in total. The molecule has 0 bridgehead atoms. The molecular weight excluding hydrogens is 384 g/mol. The van der Waals surface area contributed by atoms with E-state index >= 15 is 0 Å². The molecule has 105 valence electrons. The fraction of sp³-hybridized carbons (Fsp3) is 0.0909. The zero-order chi connectivity index (χ0) is 14.9. The molecule has 0 fully saturated rings.